The fraction of sp³-hybridized carbons (Fsp3) is 0.500. The lowest BCUT2D eigenvalue weighted by molar-refractivity contribution is 0.112. The highest BCUT2D eigenvalue weighted by atomic mass is 16.1. The lowest BCUT2D eigenvalue weighted by Crippen LogP contribution is -2.09. The number of pyridine rings is 1. The molecular formula is C16H22N2O. The van der Waals surface area contributed by atoms with Crippen LogP contribution in [0, 0.1) is 5.92 Å². The molecule has 0 bridgehead atoms. The second-order valence-corrected chi connectivity index (χ2v) is 5.15. The Bertz CT molecular complexity index is 545. The van der Waals surface area contributed by atoms with Gasteiger partial charge in [0.05, 0.1) is 0 Å². The van der Waals surface area contributed by atoms with Crippen LogP contribution >= 0.6 is 0 Å². The molecule has 1 atom stereocenters. The van der Waals surface area contributed by atoms with E-state index in [1.807, 2.05) is 18.3 Å². The molecule has 0 aliphatic heterocycles. The minimum absolute atomic E-state index is 0.664. The van der Waals surface area contributed by atoms with Gasteiger partial charge in [-0.3, -0.25) is 4.79 Å². The normalized spacial score (nSPS) is 12.7. The summed E-state index contributed by atoms with van der Waals surface area (Å²) in [4.78, 5) is 15.5. The molecule has 0 aliphatic carbocycles. The van der Waals surface area contributed by atoms with E-state index in [2.05, 4.69) is 23.4 Å². The van der Waals surface area contributed by atoms with Crippen molar-refractivity contribution in [2.24, 2.45) is 5.92 Å². The van der Waals surface area contributed by atoms with E-state index in [-0.39, 0.29) is 0 Å². The van der Waals surface area contributed by atoms with Crippen LogP contribution in [0.3, 0.4) is 0 Å². The van der Waals surface area contributed by atoms with Crippen molar-refractivity contribution in [2.45, 2.75) is 46.1 Å². The molecule has 2 rings (SSSR count). The van der Waals surface area contributed by atoms with E-state index >= 15 is 0 Å². The highest BCUT2D eigenvalue weighted by molar-refractivity contribution is 5.95. The molecule has 0 N–H and O–H groups in total. The molecular weight excluding hydrogens is 236 g/mol. The summed E-state index contributed by atoms with van der Waals surface area (Å²) in [5.41, 5.74) is 1.67. The van der Waals surface area contributed by atoms with Gasteiger partial charge in [0.1, 0.15) is 5.65 Å². The highest BCUT2D eigenvalue weighted by Gasteiger charge is 2.12. The quantitative estimate of drug-likeness (QED) is 0.702. The van der Waals surface area contributed by atoms with Gasteiger partial charge < -0.3 is 4.57 Å². The third-order valence-corrected chi connectivity index (χ3v) is 3.79. The lowest BCUT2D eigenvalue weighted by atomic mass is 9.99. The van der Waals surface area contributed by atoms with Gasteiger partial charge in [0.2, 0.25) is 0 Å². The van der Waals surface area contributed by atoms with Crippen molar-refractivity contribution >= 4 is 17.3 Å². The Balaban J connectivity index is 2.26. The summed E-state index contributed by atoms with van der Waals surface area (Å²) < 4.78 is 2.14. The molecule has 0 fully saturated rings. The molecule has 3 nitrogen and oxygen atoms in total. The first kappa shape index (κ1) is 13.8. The summed E-state index contributed by atoms with van der Waals surface area (Å²) in [5.74, 6) is 0.664. The Labute approximate surface area is 114 Å². The second kappa shape index (κ2) is 6.50. The first-order valence-corrected chi connectivity index (χ1v) is 7.19. The van der Waals surface area contributed by atoms with Gasteiger partial charge in [0.15, 0.2) is 6.29 Å². The first-order valence-electron chi connectivity index (χ1n) is 7.19. The zero-order chi connectivity index (χ0) is 13.7. The van der Waals surface area contributed by atoms with E-state index in [0.29, 0.717) is 5.92 Å². The molecule has 2 aromatic rings. The van der Waals surface area contributed by atoms with Gasteiger partial charge in [-0.1, -0.05) is 33.1 Å². The maximum atomic E-state index is 11.1. The van der Waals surface area contributed by atoms with Gasteiger partial charge in [-0.25, -0.2) is 4.98 Å². The molecule has 0 amide bonds. The molecule has 0 aromatic carbocycles. The lowest BCUT2D eigenvalue weighted by Gasteiger charge is -2.15. The number of carbonyl (C=O) groups excluding carboxylic acids is 1. The van der Waals surface area contributed by atoms with E-state index in [0.717, 1.165) is 29.4 Å². The molecule has 0 spiro atoms. The van der Waals surface area contributed by atoms with Crippen LogP contribution in [-0.2, 0) is 6.54 Å². The van der Waals surface area contributed by atoms with Gasteiger partial charge in [-0.05, 0) is 24.5 Å². The summed E-state index contributed by atoms with van der Waals surface area (Å²) in [6.45, 7) is 5.42. The van der Waals surface area contributed by atoms with Crippen LogP contribution in [0.2, 0.25) is 0 Å². The van der Waals surface area contributed by atoms with Crippen molar-refractivity contribution in [3.05, 3.63) is 30.1 Å². The molecule has 19 heavy (non-hydrogen) atoms. The van der Waals surface area contributed by atoms with Crippen molar-refractivity contribution in [3.8, 4) is 0 Å². The number of unbranched alkanes of at least 4 members (excludes halogenated alkanes) is 1. The van der Waals surface area contributed by atoms with Crippen LogP contribution in [0.5, 0.6) is 0 Å². The van der Waals surface area contributed by atoms with E-state index < -0.39 is 0 Å². The molecule has 2 aromatic heterocycles. The number of nitrogens with zero attached hydrogens (tertiary/aromatic N) is 2. The van der Waals surface area contributed by atoms with Gasteiger partial charge in [0.25, 0.3) is 0 Å². The zero-order valence-electron chi connectivity index (χ0n) is 11.8. The highest BCUT2D eigenvalue weighted by Crippen LogP contribution is 2.22. The molecule has 102 valence electrons. The summed E-state index contributed by atoms with van der Waals surface area (Å²) in [5, 5.41) is 0.961. The number of fused-ring (bicyclic) bond motifs is 1. The van der Waals surface area contributed by atoms with E-state index in [4.69, 9.17) is 0 Å². The number of rotatable bonds is 7. The van der Waals surface area contributed by atoms with Crippen LogP contribution in [-0.4, -0.2) is 15.8 Å². The number of aromatic nitrogens is 2. The standard InChI is InChI=1S/C16H22N2O/c1-3-5-7-13(4-2)10-18-11-14(12-19)15-8-6-9-17-16(15)18/h6,8-9,11-13H,3-5,7,10H2,1-2H3. The Kier molecular flexibility index (Phi) is 4.72. The van der Waals surface area contributed by atoms with E-state index in [9.17, 15) is 4.79 Å². The summed E-state index contributed by atoms with van der Waals surface area (Å²) in [6.07, 6.45) is 9.58. The molecule has 0 aliphatic rings. The fourth-order valence-electron chi connectivity index (χ4n) is 2.58. The van der Waals surface area contributed by atoms with Crippen molar-refractivity contribution in [2.75, 3.05) is 0 Å². The topological polar surface area (TPSA) is 34.9 Å². The number of carbonyl (C=O) groups is 1. The fourth-order valence-corrected chi connectivity index (χ4v) is 2.58. The van der Waals surface area contributed by atoms with Crippen molar-refractivity contribution < 1.29 is 4.79 Å². The third-order valence-electron chi connectivity index (χ3n) is 3.79. The summed E-state index contributed by atoms with van der Waals surface area (Å²) in [6, 6.07) is 3.85. The van der Waals surface area contributed by atoms with Gasteiger partial charge in [-0.2, -0.15) is 0 Å². The van der Waals surface area contributed by atoms with Crippen LogP contribution in [0.25, 0.3) is 11.0 Å². The summed E-state index contributed by atoms with van der Waals surface area (Å²) in [7, 11) is 0. The number of hydrogen-bond acceptors (Lipinski definition) is 2. The Morgan fingerprint density at radius 2 is 2.26 bits per heavy atom. The number of aldehydes is 1. The zero-order valence-corrected chi connectivity index (χ0v) is 11.8. The molecule has 0 saturated heterocycles. The predicted molar refractivity (Wildman–Crippen MR) is 78.4 cm³/mol. The largest absolute Gasteiger partial charge is 0.331 e. The molecule has 2 heterocycles. The maximum absolute atomic E-state index is 11.1. The van der Waals surface area contributed by atoms with Crippen molar-refractivity contribution in [3.63, 3.8) is 0 Å². The molecule has 1 unspecified atom stereocenters. The minimum Gasteiger partial charge on any atom is -0.331 e. The van der Waals surface area contributed by atoms with Crippen LogP contribution in [0.4, 0.5) is 0 Å². The Morgan fingerprint density at radius 3 is 2.95 bits per heavy atom. The Hall–Kier alpha value is -1.64. The van der Waals surface area contributed by atoms with Crippen molar-refractivity contribution in [1.82, 2.24) is 9.55 Å². The second-order valence-electron chi connectivity index (χ2n) is 5.15. The smallest absolute Gasteiger partial charge is 0.152 e. The molecule has 0 saturated carbocycles. The average molecular weight is 258 g/mol. The first-order chi connectivity index (χ1) is 9.30. The minimum atomic E-state index is 0.664. The van der Waals surface area contributed by atoms with Gasteiger partial charge in [-0.15, -0.1) is 0 Å². The van der Waals surface area contributed by atoms with E-state index in [1.165, 1.54) is 25.7 Å². The summed E-state index contributed by atoms with van der Waals surface area (Å²) >= 11 is 0. The van der Waals surface area contributed by atoms with Crippen LogP contribution in [0.15, 0.2) is 24.5 Å². The monoisotopic (exact) mass is 258 g/mol. The average Bonchev–Trinajstić information content (AvgIpc) is 2.81. The van der Waals surface area contributed by atoms with Crippen LogP contribution in [0.1, 0.15) is 49.9 Å². The van der Waals surface area contributed by atoms with E-state index in [1.54, 1.807) is 6.20 Å². The van der Waals surface area contributed by atoms with Gasteiger partial charge in [0, 0.05) is 29.9 Å². The van der Waals surface area contributed by atoms with Crippen molar-refractivity contribution in [1.29, 1.82) is 0 Å². The SMILES string of the molecule is CCCCC(CC)Cn1cc(C=O)c2cccnc21. The number of hydrogen-bond donors (Lipinski definition) is 0. The van der Waals surface area contributed by atoms with Crippen LogP contribution < -0.4 is 0 Å². The molecule has 0 radical (unpaired) electrons. The predicted octanol–water partition coefficient (Wildman–Crippen LogP) is 4.07. The third kappa shape index (κ3) is 3.03. The maximum Gasteiger partial charge on any atom is 0.152 e. The molecule has 3 heteroatoms. The van der Waals surface area contributed by atoms with Gasteiger partial charge >= 0.3 is 0 Å². The Morgan fingerprint density at radius 1 is 1.42 bits per heavy atom.